The normalized spacial score (nSPS) is 11.4. The Morgan fingerprint density at radius 2 is 1.67 bits per heavy atom. The van der Waals surface area contributed by atoms with Crippen LogP contribution >= 0.6 is 0 Å². The zero-order valence-electron chi connectivity index (χ0n) is 18.2. The average molecular weight is 435 g/mol. The van der Waals surface area contributed by atoms with Gasteiger partial charge in [0.05, 0.1) is 17.2 Å². The highest BCUT2D eigenvalue weighted by atomic mass is 32.2. The first-order valence-electron chi connectivity index (χ1n) is 9.99. The summed E-state index contributed by atoms with van der Waals surface area (Å²) < 4.78 is 38.2. The zero-order chi connectivity index (χ0) is 22.3. The lowest BCUT2D eigenvalue weighted by Crippen LogP contribution is -2.30. The first-order valence-corrected chi connectivity index (χ1v) is 11.4. The standard InChI is InChI=1S/C22H30N2O5S/c1-6-24(7-2)30(26,27)18-11-12-20(28-8-3)19(14-18)23-22(25)15-29-21-13-16(4)9-10-17(21)5/h9-14H,6-8,15H2,1-5H3,(H,23,25). The maximum Gasteiger partial charge on any atom is 0.262 e. The van der Waals surface area contributed by atoms with Crippen molar-refractivity contribution in [2.75, 3.05) is 31.6 Å². The zero-order valence-corrected chi connectivity index (χ0v) is 19.0. The number of rotatable bonds is 10. The van der Waals surface area contributed by atoms with E-state index in [-0.39, 0.29) is 11.5 Å². The van der Waals surface area contributed by atoms with E-state index in [1.54, 1.807) is 19.9 Å². The van der Waals surface area contributed by atoms with Gasteiger partial charge in [-0.2, -0.15) is 4.31 Å². The van der Waals surface area contributed by atoms with E-state index in [1.165, 1.54) is 16.4 Å². The van der Waals surface area contributed by atoms with Gasteiger partial charge in [-0.25, -0.2) is 8.42 Å². The van der Waals surface area contributed by atoms with Crippen LogP contribution in [-0.2, 0) is 14.8 Å². The Labute approximate surface area is 179 Å². The third kappa shape index (κ3) is 5.73. The van der Waals surface area contributed by atoms with Gasteiger partial charge in [0, 0.05) is 13.1 Å². The lowest BCUT2D eigenvalue weighted by Gasteiger charge is -2.20. The fourth-order valence-corrected chi connectivity index (χ4v) is 4.44. The number of hydrogen-bond donors (Lipinski definition) is 1. The van der Waals surface area contributed by atoms with Crippen LogP contribution in [0, 0.1) is 13.8 Å². The highest BCUT2D eigenvalue weighted by Gasteiger charge is 2.23. The molecule has 0 aromatic heterocycles. The van der Waals surface area contributed by atoms with Crippen molar-refractivity contribution >= 4 is 21.6 Å². The molecule has 2 aromatic carbocycles. The molecule has 0 spiro atoms. The quantitative estimate of drug-likeness (QED) is 0.616. The summed E-state index contributed by atoms with van der Waals surface area (Å²) in [5, 5.41) is 2.72. The predicted octanol–water partition coefficient (Wildman–Crippen LogP) is 3.75. The van der Waals surface area contributed by atoms with Crippen LogP contribution in [0.4, 0.5) is 5.69 Å². The van der Waals surface area contributed by atoms with Gasteiger partial charge in [0.25, 0.3) is 5.91 Å². The van der Waals surface area contributed by atoms with Gasteiger partial charge >= 0.3 is 0 Å². The van der Waals surface area contributed by atoms with Crippen LogP contribution in [0.2, 0.25) is 0 Å². The molecule has 0 atom stereocenters. The maximum absolute atomic E-state index is 12.8. The van der Waals surface area contributed by atoms with Gasteiger partial charge in [-0.15, -0.1) is 0 Å². The number of nitrogens with one attached hydrogen (secondary N) is 1. The van der Waals surface area contributed by atoms with E-state index < -0.39 is 15.9 Å². The number of hydrogen-bond acceptors (Lipinski definition) is 5. The second-order valence-corrected chi connectivity index (χ2v) is 8.72. The first kappa shape index (κ1) is 23.7. The van der Waals surface area contributed by atoms with Crippen LogP contribution < -0.4 is 14.8 Å². The summed E-state index contributed by atoms with van der Waals surface area (Å²) in [4.78, 5) is 12.6. The minimum Gasteiger partial charge on any atom is -0.492 e. The van der Waals surface area contributed by atoms with Gasteiger partial charge in [-0.05, 0) is 56.2 Å². The Morgan fingerprint density at radius 3 is 2.30 bits per heavy atom. The van der Waals surface area contributed by atoms with Crippen LogP contribution in [0.5, 0.6) is 11.5 Å². The van der Waals surface area contributed by atoms with Crippen LogP contribution in [0.3, 0.4) is 0 Å². The van der Waals surface area contributed by atoms with E-state index in [0.717, 1.165) is 11.1 Å². The van der Waals surface area contributed by atoms with Gasteiger partial charge in [-0.1, -0.05) is 26.0 Å². The van der Waals surface area contributed by atoms with Crippen molar-refractivity contribution in [2.45, 2.75) is 39.5 Å². The van der Waals surface area contributed by atoms with E-state index in [2.05, 4.69) is 5.32 Å². The Hall–Kier alpha value is -2.58. The minimum atomic E-state index is -3.66. The van der Waals surface area contributed by atoms with E-state index in [4.69, 9.17) is 9.47 Å². The molecular formula is C22H30N2O5S. The Morgan fingerprint density at radius 1 is 0.967 bits per heavy atom. The third-order valence-corrected chi connectivity index (χ3v) is 6.62. The summed E-state index contributed by atoms with van der Waals surface area (Å²) in [6, 6.07) is 10.2. The van der Waals surface area contributed by atoms with E-state index in [1.807, 2.05) is 39.0 Å². The molecule has 0 heterocycles. The third-order valence-electron chi connectivity index (χ3n) is 4.57. The summed E-state index contributed by atoms with van der Waals surface area (Å²) in [5.74, 6) is 0.623. The van der Waals surface area contributed by atoms with E-state index >= 15 is 0 Å². The van der Waals surface area contributed by atoms with Crippen LogP contribution in [0.15, 0.2) is 41.3 Å². The summed E-state index contributed by atoms with van der Waals surface area (Å²) in [6.45, 7) is 10.1. The largest absolute Gasteiger partial charge is 0.492 e. The highest BCUT2D eigenvalue weighted by Crippen LogP contribution is 2.29. The molecule has 0 fully saturated rings. The van der Waals surface area contributed by atoms with Crippen LogP contribution in [0.1, 0.15) is 31.9 Å². The summed E-state index contributed by atoms with van der Waals surface area (Å²) >= 11 is 0. The molecule has 0 bridgehead atoms. The number of ether oxygens (including phenoxy) is 2. The molecule has 0 radical (unpaired) electrons. The van der Waals surface area contributed by atoms with Crippen molar-refractivity contribution < 1.29 is 22.7 Å². The fraction of sp³-hybridized carbons (Fsp3) is 0.409. The highest BCUT2D eigenvalue weighted by molar-refractivity contribution is 7.89. The summed E-state index contributed by atoms with van der Waals surface area (Å²) in [5.41, 5.74) is 2.25. The molecule has 0 saturated heterocycles. The van der Waals surface area contributed by atoms with Crippen molar-refractivity contribution in [2.24, 2.45) is 0 Å². The van der Waals surface area contributed by atoms with Gasteiger partial charge in [0.1, 0.15) is 11.5 Å². The lowest BCUT2D eigenvalue weighted by atomic mass is 10.1. The molecule has 0 aliphatic rings. The number of nitrogens with zero attached hydrogens (tertiary/aromatic N) is 1. The number of sulfonamides is 1. The maximum atomic E-state index is 12.8. The molecular weight excluding hydrogens is 404 g/mol. The molecule has 7 nitrogen and oxygen atoms in total. The molecule has 1 amide bonds. The fourth-order valence-electron chi connectivity index (χ4n) is 2.95. The second kappa shape index (κ2) is 10.4. The van der Waals surface area contributed by atoms with Gasteiger partial charge < -0.3 is 14.8 Å². The number of carbonyl (C=O) groups excluding carboxylic acids is 1. The molecule has 164 valence electrons. The molecule has 2 aromatic rings. The van der Waals surface area contributed by atoms with E-state index in [9.17, 15) is 13.2 Å². The number of aryl methyl sites for hydroxylation is 2. The second-order valence-electron chi connectivity index (χ2n) is 6.79. The summed E-state index contributed by atoms with van der Waals surface area (Å²) in [6.07, 6.45) is 0. The molecule has 0 aliphatic heterocycles. The first-order chi connectivity index (χ1) is 14.2. The molecule has 0 unspecified atom stereocenters. The van der Waals surface area contributed by atoms with E-state index in [0.29, 0.717) is 36.9 Å². The monoisotopic (exact) mass is 434 g/mol. The summed E-state index contributed by atoms with van der Waals surface area (Å²) in [7, 11) is -3.66. The molecule has 0 saturated carbocycles. The average Bonchev–Trinajstić information content (AvgIpc) is 2.70. The van der Waals surface area contributed by atoms with Crippen molar-refractivity contribution in [1.29, 1.82) is 0 Å². The molecule has 1 N–H and O–H groups in total. The van der Waals surface area contributed by atoms with Crippen molar-refractivity contribution in [3.63, 3.8) is 0 Å². The number of carbonyl (C=O) groups is 1. The number of benzene rings is 2. The van der Waals surface area contributed by atoms with Gasteiger partial charge in [-0.3, -0.25) is 4.79 Å². The SMILES string of the molecule is CCOc1ccc(S(=O)(=O)N(CC)CC)cc1NC(=O)COc1cc(C)ccc1C. The van der Waals surface area contributed by atoms with Crippen LogP contribution in [0.25, 0.3) is 0 Å². The molecule has 0 aliphatic carbocycles. The van der Waals surface area contributed by atoms with Crippen molar-refractivity contribution in [1.82, 2.24) is 4.31 Å². The van der Waals surface area contributed by atoms with Crippen molar-refractivity contribution in [3.8, 4) is 11.5 Å². The Balaban J connectivity index is 2.23. The molecule has 2 rings (SSSR count). The molecule has 8 heteroatoms. The smallest absolute Gasteiger partial charge is 0.262 e. The Bertz CT molecular complexity index is 985. The number of anilines is 1. The predicted molar refractivity (Wildman–Crippen MR) is 118 cm³/mol. The molecule has 30 heavy (non-hydrogen) atoms. The van der Waals surface area contributed by atoms with Crippen LogP contribution in [-0.4, -0.2) is 44.9 Å². The Kier molecular flexibility index (Phi) is 8.25. The minimum absolute atomic E-state index is 0.0976. The topological polar surface area (TPSA) is 84.9 Å². The lowest BCUT2D eigenvalue weighted by molar-refractivity contribution is -0.118. The van der Waals surface area contributed by atoms with Crippen molar-refractivity contribution in [3.05, 3.63) is 47.5 Å². The number of amides is 1. The van der Waals surface area contributed by atoms with Gasteiger partial charge in [0.2, 0.25) is 10.0 Å². The van der Waals surface area contributed by atoms with Gasteiger partial charge in [0.15, 0.2) is 6.61 Å².